The lowest BCUT2D eigenvalue weighted by molar-refractivity contribution is -0.148. The quantitative estimate of drug-likeness (QED) is 0.631. The summed E-state index contributed by atoms with van der Waals surface area (Å²) in [4.78, 5) is 29.2. The highest BCUT2D eigenvalue weighted by atomic mass is 32.2. The van der Waals surface area contributed by atoms with Crippen LogP contribution >= 0.6 is 11.8 Å². The molecule has 2 aliphatic rings. The molecule has 0 aromatic heterocycles. The lowest BCUT2D eigenvalue weighted by atomic mass is 9.78. The highest BCUT2D eigenvalue weighted by Gasteiger charge is 2.28. The summed E-state index contributed by atoms with van der Waals surface area (Å²) in [5, 5.41) is 3.06. The number of esters is 1. The van der Waals surface area contributed by atoms with Crippen molar-refractivity contribution in [1.29, 1.82) is 0 Å². The van der Waals surface area contributed by atoms with Crippen LogP contribution in [0.4, 0.5) is 11.4 Å². The van der Waals surface area contributed by atoms with Gasteiger partial charge in [-0.1, -0.05) is 62.7 Å². The Bertz CT molecular complexity index is 902. The predicted octanol–water partition coefficient (Wildman–Crippen LogP) is 5.16. The Morgan fingerprint density at radius 2 is 1.68 bits per heavy atom. The van der Waals surface area contributed by atoms with Crippen molar-refractivity contribution in [2.75, 3.05) is 18.1 Å². The zero-order valence-electron chi connectivity index (χ0n) is 18.2. The number of nitrogens with zero attached hydrogens (tertiary/aromatic N) is 1. The average Bonchev–Trinajstić information content (AvgIpc) is 2.78. The smallest absolute Gasteiger partial charge is 0.308 e. The number of rotatable bonds is 6. The van der Waals surface area contributed by atoms with Gasteiger partial charge in [0.1, 0.15) is 0 Å². The molecule has 4 rings (SSSR count). The number of hydrogen-bond donors (Lipinski definition) is 1. The van der Waals surface area contributed by atoms with Crippen molar-refractivity contribution in [3.05, 3.63) is 48.5 Å². The molecule has 1 heterocycles. The van der Waals surface area contributed by atoms with Gasteiger partial charge in [-0.15, -0.1) is 0 Å². The third kappa shape index (κ3) is 5.06. The predicted molar refractivity (Wildman–Crippen MR) is 124 cm³/mol. The molecule has 31 heavy (non-hydrogen) atoms. The molecule has 0 saturated heterocycles. The van der Waals surface area contributed by atoms with E-state index in [2.05, 4.69) is 48.3 Å². The molecule has 0 radical (unpaired) electrons. The van der Waals surface area contributed by atoms with Crippen LogP contribution in [0.1, 0.15) is 39.5 Å². The zero-order chi connectivity index (χ0) is 21.8. The van der Waals surface area contributed by atoms with Gasteiger partial charge in [-0.05, 0) is 42.5 Å². The lowest BCUT2D eigenvalue weighted by Gasteiger charge is -2.34. The van der Waals surface area contributed by atoms with Gasteiger partial charge < -0.3 is 15.0 Å². The summed E-state index contributed by atoms with van der Waals surface area (Å²) in [7, 11) is 0. The van der Waals surface area contributed by atoms with Crippen LogP contribution in [0.15, 0.2) is 58.3 Å². The van der Waals surface area contributed by atoms with Gasteiger partial charge in [0.2, 0.25) is 0 Å². The Morgan fingerprint density at radius 3 is 2.35 bits per heavy atom. The molecule has 6 heteroatoms. The SMILES string of the molecule is C[C@H]1[C@@H](NC(=O)COC(=O)CCN2c3ccccc3Sc3ccccc32)CCC[C@@H]1C. The van der Waals surface area contributed by atoms with Gasteiger partial charge in [0.15, 0.2) is 6.61 Å². The van der Waals surface area contributed by atoms with E-state index in [0.717, 1.165) is 24.2 Å². The molecular formula is C25H30N2O3S. The summed E-state index contributed by atoms with van der Waals surface area (Å²) >= 11 is 1.74. The van der Waals surface area contributed by atoms with Gasteiger partial charge in [0.25, 0.3) is 5.91 Å². The second kappa shape index (κ2) is 9.77. The first-order valence-electron chi connectivity index (χ1n) is 11.1. The number of carbonyl (C=O) groups excluding carboxylic acids is 2. The number of nitrogens with one attached hydrogen (secondary N) is 1. The standard InChI is InChI=1S/C25H30N2O3S/c1-17-8-7-9-19(18(17)2)26-24(28)16-30-25(29)14-15-27-20-10-3-5-12-22(20)31-23-13-6-4-11-21(23)27/h3-6,10-13,17-19H,7-9,14-16H2,1-2H3,(H,26,28)/t17-,18+,19-/m0/s1. The second-order valence-corrected chi connectivity index (χ2v) is 9.62. The minimum Gasteiger partial charge on any atom is -0.456 e. The molecule has 0 unspecified atom stereocenters. The summed E-state index contributed by atoms with van der Waals surface area (Å²) in [5.74, 6) is 0.498. The van der Waals surface area contributed by atoms with Crippen molar-refractivity contribution < 1.29 is 14.3 Å². The van der Waals surface area contributed by atoms with E-state index in [0.29, 0.717) is 18.4 Å². The monoisotopic (exact) mass is 438 g/mol. The number of ether oxygens (including phenoxy) is 1. The van der Waals surface area contributed by atoms with Crippen molar-refractivity contribution >= 4 is 35.0 Å². The molecule has 5 nitrogen and oxygen atoms in total. The maximum absolute atomic E-state index is 12.4. The van der Waals surface area contributed by atoms with Crippen LogP contribution in [-0.4, -0.2) is 31.1 Å². The number of hydrogen-bond acceptors (Lipinski definition) is 5. The number of benzene rings is 2. The molecule has 0 spiro atoms. The first-order chi connectivity index (χ1) is 15.0. The van der Waals surface area contributed by atoms with E-state index in [4.69, 9.17) is 4.74 Å². The third-order valence-electron chi connectivity index (χ3n) is 6.49. The van der Waals surface area contributed by atoms with Crippen LogP contribution in [0.2, 0.25) is 0 Å². The highest BCUT2D eigenvalue weighted by molar-refractivity contribution is 7.99. The molecule has 1 amide bonds. The molecule has 0 bridgehead atoms. The highest BCUT2D eigenvalue weighted by Crippen LogP contribution is 2.47. The van der Waals surface area contributed by atoms with Crippen LogP contribution in [0, 0.1) is 11.8 Å². The molecule has 1 aliphatic heterocycles. The third-order valence-corrected chi connectivity index (χ3v) is 7.62. The number of para-hydroxylation sites is 2. The Balaban J connectivity index is 1.31. The molecule has 1 N–H and O–H groups in total. The van der Waals surface area contributed by atoms with Gasteiger partial charge in [0.05, 0.1) is 17.8 Å². The number of anilines is 2. The van der Waals surface area contributed by atoms with Crippen LogP contribution in [0.3, 0.4) is 0 Å². The minimum atomic E-state index is -0.353. The van der Waals surface area contributed by atoms with E-state index < -0.39 is 0 Å². The zero-order valence-corrected chi connectivity index (χ0v) is 19.0. The van der Waals surface area contributed by atoms with Gasteiger partial charge in [-0.2, -0.15) is 0 Å². The second-order valence-electron chi connectivity index (χ2n) is 8.54. The van der Waals surface area contributed by atoms with Crippen LogP contribution in [-0.2, 0) is 14.3 Å². The van der Waals surface area contributed by atoms with Crippen molar-refractivity contribution in [3.8, 4) is 0 Å². The average molecular weight is 439 g/mol. The van der Waals surface area contributed by atoms with Crippen LogP contribution < -0.4 is 10.2 Å². The summed E-state index contributed by atoms with van der Waals surface area (Å²) in [5.41, 5.74) is 2.19. The molecule has 1 fully saturated rings. The number of fused-ring (bicyclic) bond motifs is 2. The van der Waals surface area contributed by atoms with Gasteiger partial charge in [-0.3, -0.25) is 9.59 Å². The lowest BCUT2D eigenvalue weighted by Crippen LogP contribution is -2.45. The van der Waals surface area contributed by atoms with E-state index in [1.165, 1.54) is 16.2 Å². The fourth-order valence-electron chi connectivity index (χ4n) is 4.48. The minimum absolute atomic E-state index is 0.175. The summed E-state index contributed by atoms with van der Waals surface area (Å²) in [6, 6.07) is 16.6. The fraction of sp³-hybridized carbons (Fsp3) is 0.440. The molecule has 2 aromatic carbocycles. The first kappa shape index (κ1) is 21.8. The Morgan fingerprint density at radius 1 is 1.03 bits per heavy atom. The first-order valence-corrected chi connectivity index (χ1v) is 11.9. The summed E-state index contributed by atoms with van der Waals surface area (Å²) in [6.07, 6.45) is 3.56. The van der Waals surface area contributed by atoms with E-state index in [1.54, 1.807) is 11.8 Å². The molecule has 2 aromatic rings. The van der Waals surface area contributed by atoms with E-state index in [-0.39, 0.29) is 30.9 Å². The molecule has 3 atom stereocenters. The fourth-order valence-corrected chi connectivity index (χ4v) is 5.57. The largest absolute Gasteiger partial charge is 0.456 e. The van der Waals surface area contributed by atoms with E-state index in [1.807, 2.05) is 24.3 Å². The van der Waals surface area contributed by atoms with Crippen molar-refractivity contribution in [2.24, 2.45) is 11.8 Å². The molecule has 1 saturated carbocycles. The van der Waals surface area contributed by atoms with Gasteiger partial charge in [-0.25, -0.2) is 0 Å². The summed E-state index contributed by atoms with van der Waals surface area (Å²) in [6.45, 7) is 4.72. The topological polar surface area (TPSA) is 58.6 Å². The Hall–Kier alpha value is -2.47. The molecular weight excluding hydrogens is 408 g/mol. The van der Waals surface area contributed by atoms with Crippen molar-refractivity contribution in [3.63, 3.8) is 0 Å². The van der Waals surface area contributed by atoms with E-state index in [9.17, 15) is 9.59 Å². The Labute approximate surface area is 188 Å². The molecule has 1 aliphatic carbocycles. The Kier molecular flexibility index (Phi) is 6.86. The van der Waals surface area contributed by atoms with E-state index >= 15 is 0 Å². The maximum atomic E-state index is 12.4. The van der Waals surface area contributed by atoms with Crippen molar-refractivity contribution in [2.45, 2.75) is 55.4 Å². The van der Waals surface area contributed by atoms with Gasteiger partial charge >= 0.3 is 5.97 Å². The van der Waals surface area contributed by atoms with Crippen molar-refractivity contribution in [1.82, 2.24) is 5.32 Å². The van der Waals surface area contributed by atoms with Gasteiger partial charge in [0, 0.05) is 22.4 Å². The molecule has 164 valence electrons. The van der Waals surface area contributed by atoms with Crippen LogP contribution in [0.25, 0.3) is 0 Å². The van der Waals surface area contributed by atoms with Crippen LogP contribution in [0.5, 0.6) is 0 Å². The number of carbonyl (C=O) groups is 2. The number of amides is 1. The normalized spacial score (nSPS) is 22.3. The maximum Gasteiger partial charge on any atom is 0.308 e. The summed E-state index contributed by atoms with van der Waals surface area (Å²) < 4.78 is 5.29.